The summed E-state index contributed by atoms with van der Waals surface area (Å²) in [6, 6.07) is 6.08. The maximum Gasteiger partial charge on any atom is 0.303 e. The van der Waals surface area contributed by atoms with E-state index >= 15 is 0 Å². The minimum atomic E-state index is -0.751. The molecule has 1 aromatic heterocycles. The Hall–Kier alpha value is -1.36. The van der Waals surface area contributed by atoms with E-state index in [0.29, 0.717) is 6.42 Å². The first-order chi connectivity index (χ1) is 9.51. The van der Waals surface area contributed by atoms with E-state index in [4.69, 9.17) is 5.11 Å². The molecule has 0 saturated carbocycles. The van der Waals surface area contributed by atoms with Crippen LogP contribution in [-0.4, -0.2) is 20.6 Å². The van der Waals surface area contributed by atoms with Gasteiger partial charge in [-0.05, 0) is 30.5 Å². The number of rotatable bonds is 6. The molecule has 1 aromatic carbocycles. The zero-order chi connectivity index (χ0) is 14.7. The zero-order valence-electron chi connectivity index (χ0n) is 11.8. The van der Waals surface area contributed by atoms with E-state index in [-0.39, 0.29) is 12.3 Å². The number of aryl methyl sites for hydroxylation is 1. The van der Waals surface area contributed by atoms with E-state index in [1.165, 1.54) is 0 Å². The van der Waals surface area contributed by atoms with E-state index in [1.54, 1.807) is 0 Å². The summed E-state index contributed by atoms with van der Waals surface area (Å²) in [5.41, 5.74) is 2.08. The molecule has 0 aliphatic carbocycles. The molecule has 0 aliphatic rings. The van der Waals surface area contributed by atoms with Crippen molar-refractivity contribution in [3.8, 4) is 0 Å². The van der Waals surface area contributed by atoms with Crippen molar-refractivity contribution in [1.82, 2.24) is 9.55 Å². The van der Waals surface area contributed by atoms with Gasteiger partial charge in [0.2, 0.25) is 0 Å². The number of carbonyl (C=O) groups is 1. The van der Waals surface area contributed by atoms with Crippen LogP contribution >= 0.6 is 15.9 Å². The summed E-state index contributed by atoms with van der Waals surface area (Å²) in [6.45, 7) is 5.00. The topological polar surface area (TPSA) is 55.1 Å². The van der Waals surface area contributed by atoms with Crippen LogP contribution in [0, 0.1) is 5.92 Å². The highest BCUT2D eigenvalue weighted by Crippen LogP contribution is 2.23. The molecule has 108 valence electrons. The van der Waals surface area contributed by atoms with Gasteiger partial charge < -0.3 is 9.67 Å². The summed E-state index contributed by atoms with van der Waals surface area (Å²) in [5, 5.41) is 8.88. The number of benzene rings is 1. The number of fused-ring (bicyclic) bond motifs is 1. The van der Waals surface area contributed by atoms with Gasteiger partial charge in [0, 0.05) is 23.9 Å². The molecule has 20 heavy (non-hydrogen) atoms. The SMILES string of the molecule is CCCn1c(CC(C)CC(=O)O)nc2cc(Br)ccc21. The van der Waals surface area contributed by atoms with Crippen molar-refractivity contribution >= 4 is 32.9 Å². The molecule has 5 heteroatoms. The first-order valence-corrected chi connectivity index (χ1v) is 7.67. The Balaban J connectivity index is 2.35. The normalized spacial score (nSPS) is 12.8. The van der Waals surface area contributed by atoms with Gasteiger partial charge >= 0.3 is 5.97 Å². The molecule has 0 aliphatic heterocycles. The van der Waals surface area contributed by atoms with Gasteiger partial charge in [-0.15, -0.1) is 0 Å². The molecule has 1 atom stereocenters. The average Bonchev–Trinajstić information content (AvgIpc) is 2.66. The molecule has 4 nitrogen and oxygen atoms in total. The molecule has 0 bridgehead atoms. The Kier molecular flexibility index (Phi) is 4.81. The van der Waals surface area contributed by atoms with Crippen LogP contribution in [0.4, 0.5) is 0 Å². The highest BCUT2D eigenvalue weighted by molar-refractivity contribution is 9.10. The summed E-state index contributed by atoms with van der Waals surface area (Å²) in [6.07, 6.45) is 1.90. The molecule has 1 heterocycles. The summed E-state index contributed by atoms with van der Waals surface area (Å²) in [4.78, 5) is 15.5. The van der Waals surface area contributed by atoms with Gasteiger partial charge in [0.05, 0.1) is 11.0 Å². The lowest BCUT2D eigenvalue weighted by atomic mass is 10.0. The van der Waals surface area contributed by atoms with E-state index in [9.17, 15) is 4.79 Å². The monoisotopic (exact) mass is 338 g/mol. The highest BCUT2D eigenvalue weighted by atomic mass is 79.9. The number of aliphatic carboxylic acids is 1. The van der Waals surface area contributed by atoms with Crippen LogP contribution in [0.1, 0.15) is 32.5 Å². The molecule has 0 saturated heterocycles. The highest BCUT2D eigenvalue weighted by Gasteiger charge is 2.15. The van der Waals surface area contributed by atoms with Crippen molar-refractivity contribution in [2.45, 2.75) is 39.7 Å². The lowest BCUT2D eigenvalue weighted by Crippen LogP contribution is -2.11. The lowest BCUT2D eigenvalue weighted by Gasteiger charge is -2.11. The van der Waals surface area contributed by atoms with Crippen LogP contribution in [0.2, 0.25) is 0 Å². The number of imidazole rings is 1. The third-order valence-electron chi connectivity index (χ3n) is 3.29. The smallest absolute Gasteiger partial charge is 0.303 e. The van der Waals surface area contributed by atoms with Crippen molar-refractivity contribution < 1.29 is 9.90 Å². The molecule has 1 unspecified atom stereocenters. The van der Waals surface area contributed by atoms with Gasteiger partial charge in [0.1, 0.15) is 5.82 Å². The summed E-state index contributed by atoms with van der Waals surface area (Å²) in [5.74, 6) is 0.315. The van der Waals surface area contributed by atoms with E-state index < -0.39 is 5.97 Å². The second-order valence-electron chi connectivity index (χ2n) is 5.22. The quantitative estimate of drug-likeness (QED) is 0.869. The molecule has 2 rings (SSSR count). The Morgan fingerprint density at radius 1 is 1.50 bits per heavy atom. The van der Waals surface area contributed by atoms with Gasteiger partial charge in [-0.1, -0.05) is 29.8 Å². The Bertz CT molecular complexity index is 622. The number of hydrogen-bond donors (Lipinski definition) is 1. The van der Waals surface area contributed by atoms with Crippen LogP contribution in [0.25, 0.3) is 11.0 Å². The zero-order valence-corrected chi connectivity index (χ0v) is 13.4. The first-order valence-electron chi connectivity index (χ1n) is 6.87. The van der Waals surface area contributed by atoms with Gasteiger partial charge in [-0.2, -0.15) is 0 Å². The molecule has 2 aromatic rings. The Morgan fingerprint density at radius 3 is 2.90 bits per heavy atom. The number of carboxylic acids is 1. The number of hydrogen-bond acceptors (Lipinski definition) is 2. The van der Waals surface area contributed by atoms with E-state index in [1.807, 2.05) is 19.1 Å². The van der Waals surface area contributed by atoms with E-state index in [2.05, 4.69) is 38.5 Å². The molecule has 1 N–H and O–H groups in total. The largest absolute Gasteiger partial charge is 0.481 e. The summed E-state index contributed by atoms with van der Waals surface area (Å²) < 4.78 is 3.22. The van der Waals surface area contributed by atoms with Gasteiger partial charge in [0.15, 0.2) is 0 Å². The van der Waals surface area contributed by atoms with Gasteiger partial charge in [-0.25, -0.2) is 4.98 Å². The van der Waals surface area contributed by atoms with Crippen molar-refractivity contribution in [3.63, 3.8) is 0 Å². The number of nitrogens with zero attached hydrogens (tertiary/aromatic N) is 2. The maximum absolute atomic E-state index is 10.8. The predicted molar refractivity (Wildman–Crippen MR) is 82.8 cm³/mol. The third-order valence-corrected chi connectivity index (χ3v) is 3.78. The van der Waals surface area contributed by atoms with Crippen LogP contribution in [0.3, 0.4) is 0 Å². The standard InChI is InChI=1S/C15H19BrN2O2/c1-3-6-18-13-5-4-11(16)9-12(13)17-14(18)7-10(2)8-15(19)20/h4-5,9-10H,3,6-8H2,1-2H3,(H,19,20). The van der Waals surface area contributed by atoms with Crippen molar-refractivity contribution in [2.24, 2.45) is 5.92 Å². The fourth-order valence-electron chi connectivity index (χ4n) is 2.46. The van der Waals surface area contributed by atoms with Gasteiger partial charge in [-0.3, -0.25) is 4.79 Å². The predicted octanol–water partition coefficient (Wildman–Crippen LogP) is 3.86. The van der Waals surface area contributed by atoms with Crippen LogP contribution in [-0.2, 0) is 17.8 Å². The second-order valence-corrected chi connectivity index (χ2v) is 6.14. The van der Waals surface area contributed by atoms with Gasteiger partial charge in [0.25, 0.3) is 0 Å². The summed E-state index contributed by atoms with van der Waals surface area (Å²) in [7, 11) is 0. The van der Waals surface area contributed by atoms with Crippen LogP contribution in [0.5, 0.6) is 0 Å². The van der Waals surface area contributed by atoms with E-state index in [0.717, 1.165) is 34.3 Å². The Labute approximate surface area is 126 Å². The number of halogens is 1. The molecule has 0 spiro atoms. The van der Waals surface area contributed by atoms with Crippen LogP contribution in [0.15, 0.2) is 22.7 Å². The van der Waals surface area contributed by atoms with Crippen molar-refractivity contribution in [1.29, 1.82) is 0 Å². The van der Waals surface area contributed by atoms with Crippen molar-refractivity contribution in [3.05, 3.63) is 28.5 Å². The fraction of sp³-hybridized carbons (Fsp3) is 0.467. The summed E-state index contributed by atoms with van der Waals surface area (Å²) >= 11 is 3.46. The molecule has 0 radical (unpaired) electrons. The molecule has 0 amide bonds. The third kappa shape index (κ3) is 3.39. The molecular weight excluding hydrogens is 320 g/mol. The fourth-order valence-corrected chi connectivity index (χ4v) is 2.81. The lowest BCUT2D eigenvalue weighted by molar-refractivity contribution is -0.137. The van der Waals surface area contributed by atoms with Crippen LogP contribution < -0.4 is 0 Å². The first kappa shape index (κ1) is 15.0. The average molecular weight is 339 g/mol. The molecular formula is C15H19BrN2O2. The number of aromatic nitrogens is 2. The number of carboxylic acid groups (broad SMARTS) is 1. The Morgan fingerprint density at radius 2 is 2.25 bits per heavy atom. The minimum absolute atomic E-state index is 0.0864. The maximum atomic E-state index is 10.8. The second kappa shape index (κ2) is 6.39. The van der Waals surface area contributed by atoms with Crippen molar-refractivity contribution in [2.75, 3.05) is 0 Å². The molecule has 0 fully saturated rings. The minimum Gasteiger partial charge on any atom is -0.481 e.